The van der Waals surface area contributed by atoms with Gasteiger partial charge in [0.15, 0.2) is 0 Å². The van der Waals surface area contributed by atoms with E-state index in [1.54, 1.807) is 22.9 Å². The maximum absolute atomic E-state index is 12.5. The Morgan fingerprint density at radius 3 is 2.38 bits per heavy atom. The number of nitrogens with one attached hydrogen (secondary N) is 2. The minimum atomic E-state index is -1.36. The first kappa shape index (κ1) is 28.0. The Labute approximate surface area is 229 Å². The largest absolute Gasteiger partial charge is 1.00 e. The van der Waals surface area contributed by atoms with E-state index in [0.717, 1.165) is 5.69 Å². The maximum Gasteiger partial charge on any atom is 1.00 e. The Kier molecular flexibility index (Phi) is 10.8. The minimum absolute atomic E-state index is 0. The van der Waals surface area contributed by atoms with Crippen molar-refractivity contribution in [2.75, 3.05) is 5.32 Å². The monoisotopic (exact) mass is 454 g/mol. The van der Waals surface area contributed by atoms with Gasteiger partial charge >= 0.3 is 65.1 Å². The number of urea groups is 1. The van der Waals surface area contributed by atoms with Crippen molar-refractivity contribution in [3.63, 3.8) is 0 Å². The molecule has 9 nitrogen and oxygen atoms in total. The summed E-state index contributed by atoms with van der Waals surface area (Å²) in [5, 5.41) is 28.3. The Balaban J connectivity index is 0.00000256. The van der Waals surface area contributed by atoms with E-state index in [9.17, 15) is 24.6 Å². The van der Waals surface area contributed by atoms with E-state index < -0.39 is 41.5 Å². The second-order valence-electron chi connectivity index (χ2n) is 6.80. The number of aryl methyl sites for hydroxylation is 2. The van der Waals surface area contributed by atoms with Crippen LogP contribution in [0.2, 0.25) is 0 Å². The molecule has 0 spiro atoms. The van der Waals surface area contributed by atoms with Crippen molar-refractivity contribution in [3.05, 3.63) is 76.5 Å². The molecule has 0 aliphatic carbocycles. The number of carbonyl (C=O) groups is 2. The molecule has 2 aromatic heterocycles. The number of aliphatic carboxylic acids is 1. The van der Waals surface area contributed by atoms with Crippen molar-refractivity contribution < 1.29 is 78.9 Å². The molecule has 0 fully saturated rings. The molecule has 2 N–H and O–H groups in total. The van der Waals surface area contributed by atoms with Crippen LogP contribution in [0, 0.1) is 6.92 Å². The second kappa shape index (κ2) is 12.3. The summed E-state index contributed by atoms with van der Waals surface area (Å²) in [5.41, 5.74) is 0.500. The van der Waals surface area contributed by atoms with E-state index in [0.29, 0.717) is 5.69 Å². The van der Waals surface area contributed by atoms with Gasteiger partial charge in [-0.15, -0.1) is 0 Å². The van der Waals surface area contributed by atoms with E-state index in [4.69, 9.17) is 0 Å². The van der Waals surface area contributed by atoms with Gasteiger partial charge in [0.2, 0.25) is 0 Å². The summed E-state index contributed by atoms with van der Waals surface area (Å²) in [6, 6.07) is 10.7. The first-order chi connectivity index (χ1) is 14.3. The number of nitrogens with zero attached hydrogens (tertiary/aromatic N) is 2. The fourth-order valence-corrected chi connectivity index (χ4v) is 3.19. The summed E-state index contributed by atoms with van der Waals surface area (Å²) in [6.07, 6.45) is 2.61. The number of aromatic nitrogens is 2. The molecule has 1 aromatic carbocycles. The fourth-order valence-electron chi connectivity index (χ4n) is 3.19. The van der Waals surface area contributed by atoms with E-state index in [-0.39, 0.29) is 64.7 Å². The van der Waals surface area contributed by atoms with Gasteiger partial charge in [0, 0.05) is 43.2 Å². The van der Waals surface area contributed by atoms with E-state index in [1.807, 2.05) is 30.3 Å². The van der Waals surface area contributed by atoms with Gasteiger partial charge in [-0.2, -0.15) is 0 Å². The number of hydrogen-bond acceptors (Lipinski definition) is 5. The molecule has 2 amide bonds. The molecule has 1 atom stereocenters. The zero-order valence-corrected chi connectivity index (χ0v) is 22.4. The molecule has 156 valence electrons. The predicted molar refractivity (Wildman–Crippen MR) is 106 cm³/mol. The molecule has 0 bridgehead atoms. The average molecular weight is 454 g/mol. The summed E-state index contributed by atoms with van der Waals surface area (Å²) in [5.74, 6) is -1.96. The Morgan fingerprint density at radius 1 is 1.09 bits per heavy atom. The normalized spacial score (nSPS) is 10.9. The molecular weight excluding hydrogens is 434 g/mol. The molecule has 0 saturated carbocycles. The number of amides is 2. The number of benzene rings is 1. The molecule has 0 saturated heterocycles. The van der Waals surface area contributed by atoms with Gasteiger partial charge in [-0.25, -0.2) is 4.79 Å². The molecule has 32 heavy (non-hydrogen) atoms. The quantitative estimate of drug-likeness (QED) is 0.359. The zero-order chi connectivity index (χ0) is 21.8. The molecular formula is C21H20N4Na2O5. The molecule has 0 unspecified atom stereocenters. The van der Waals surface area contributed by atoms with Gasteiger partial charge in [0.05, 0.1) is 6.04 Å². The topological polar surface area (TPSA) is 131 Å². The molecule has 2 heterocycles. The number of carboxylic acids is 1. The summed E-state index contributed by atoms with van der Waals surface area (Å²) in [4.78, 5) is 36.1. The third kappa shape index (κ3) is 6.50. The molecule has 0 aliphatic heterocycles. The van der Waals surface area contributed by atoms with E-state index in [1.165, 1.54) is 24.7 Å². The fraction of sp³-hybridized carbons (Fsp3) is 0.190. The first-order valence-electron chi connectivity index (χ1n) is 9.15. The molecule has 0 aliphatic rings. The SMILES string of the molecule is Cc1cn(C)c(=O)c(NC(=O)N[C@@H](CC(=O)[O-])c2cccn2-c2ccccc2)c1[O-].[Na+].[Na+]. The summed E-state index contributed by atoms with van der Waals surface area (Å²) in [7, 11) is 1.46. The first-order valence-corrected chi connectivity index (χ1v) is 9.15. The van der Waals surface area contributed by atoms with Gasteiger partial charge in [0.1, 0.15) is 5.69 Å². The number of carbonyl (C=O) groups excluding carboxylic acids is 2. The standard InChI is InChI=1S/C21H22N4O5.2Na/c1-13-12-24(2)20(29)18(19(13)28)23-21(30)22-15(11-17(26)27)16-9-6-10-25(16)14-7-4-3-5-8-14;;/h3-10,12,15,28H,11H2,1-2H3,(H,26,27)(H2,22,23,30);;/q;2*+1/p-2/t15-;;/m0../s1. The predicted octanol–water partition coefficient (Wildman–Crippen LogP) is -5.43. The van der Waals surface area contributed by atoms with Crippen molar-refractivity contribution in [2.24, 2.45) is 7.05 Å². The molecule has 3 aromatic rings. The van der Waals surface area contributed by atoms with Crippen LogP contribution in [0.3, 0.4) is 0 Å². The van der Waals surface area contributed by atoms with Crippen molar-refractivity contribution in [1.29, 1.82) is 0 Å². The number of hydrogen-bond donors (Lipinski definition) is 2. The van der Waals surface area contributed by atoms with Crippen molar-refractivity contribution in [1.82, 2.24) is 14.5 Å². The maximum atomic E-state index is 12.5. The van der Waals surface area contributed by atoms with Gasteiger partial charge < -0.3 is 34.8 Å². The summed E-state index contributed by atoms with van der Waals surface area (Å²) < 4.78 is 2.92. The van der Waals surface area contributed by atoms with E-state index in [2.05, 4.69) is 10.6 Å². The van der Waals surface area contributed by atoms with Crippen LogP contribution < -0.4 is 85.5 Å². The van der Waals surface area contributed by atoms with Gasteiger partial charge in [0.25, 0.3) is 5.56 Å². The Bertz CT molecular complexity index is 1140. The van der Waals surface area contributed by atoms with Crippen LogP contribution in [0.5, 0.6) is 5.75 Å². The number of anilines is 1. The van der Waals surface area contributed by atoms with E-state index >= 15 is 0 Å². The second-order valence-corrected chi connectivity index (χ2v) is 6.80. The van der Waals surface area contributed by atoms with Crippen molar-refractivity contribution in [3.8, 4) is 11.4 Å². The van der Waals surface area contributed by atoms with Crippen LogP contribution >= 0.6 is 0 Å². The van der Waals surface area contributed by atoms with Crippen LogP contribution in [-0.2, 0) is 11.8 Å². The number of pyridine rings is 1. The van der Waals surface area contributed by atoms with Gasteiger partial charge in [-0.3, -0.25) is 4.79 Å². The van der Waals surface area contributed by atoms with Crippen molar-refractivity contribution >= 4 is 17.7 Å². The number of carboxylic acid groups (broad SMARTS) is 1. The number of para-hydroxylation sites is 1. The summed E-state index contributed by atoms with van der Waals surface area (Å²) >= 11 is 0. The third-order valence-electron chi connectivity index (χ3n) is 4.59. The molecule has 0 radical (unpaired) electrons. The van der Waals surface area contributed by atoms with Crippen LogP contribution in [0.1, 0.15) is 23.7 Å². The van der Waals surface area contributed by atoms with Crippen LogP contribution in [0.15, 0.2) is 59.7 Å². The van der Waals surface area contributed by atoms with Crippen LogP contribution in [0.4, 0.5) is 10.5 Å². The average Bonchev–Trinajstić information content (AvgIpc) is 3.19. The zero-order valence-electron chi connectivity index (χ0n) is 18.4. The molecule has 11 heteroatoms. The number of rotatable bonds is 6. The molecule has 3 rings (SSSR count). The minimum Gasteiger partial charge on any atom is -0.871 e. The smallest absolute Gasteiger partial charge is 0.871 e. The Hall–Kier alpha value is -2.01. The van der Waals surface area contributed by atoms with Crippen LogP contribution in [0.25, 0.3) is 5.69 Å². The van der Waals surface area contributed by atoms with Crippen molar-refractivity contribution in [2.45, 2.75) is 19.4 Å². The third-order valence-corrected chi connectivity index (χ3v) is 4.59. The van der Waals surface area contributed by atoms with Gasteiger partial charge in [-0.05, 0) is 36.8 Å². The summed E-state index contributed by atoms with van der Waals surface area (Å²) in [6.45, 7) is 1.52. The Morgan fingerprint density at radius 2 is 1.75 bits per heavy atom. The van der Waals surface area contributed by atoms with Gasteiger partial charge in [-0.1, -0.05) is 23.9 Å². The van der Waals surface area contributed by atoms with Crippen LogP contribution in [-0.4, -0.2) is 21.1 Å².